The van der Waals surface area contributed by atoms with Gasteiger partial charge in [0.05, 0.1) is 24.0 Å². The quantitative estimate of drug-likeness (QED) is 0.657. The van der Waals surface area contributed by atoms with E-state index in [9.17, 15) is 19.2 Å². The number of halogens is 1. The predicted molar refractivity (Wildman–Crippen MR) is 94.3 cm³/mol. The molecule has 0 saturated heterocycles. The third-order valence-electron chi connectivity index (χ3n) is 4.65. The van der Waals surface area contributed by atoms with Crippen LogP contribution in [-0.2, 0) is 12.1 Å². The van der Waals surface area contributed by atoms with E-state index in [2.05, 4.69) is 16.3 Å². The average molecular weight is 363 g/mol. The average Bonchev–Trinajstić information content (AvgIpc) is 3.48. The van der Waals surface area contributed by atoms with E-state index in [1.165, 1.54) is 27.6 Å². The molecule has 0 N–H and O–H groups in total. The highest BCUT2D eigenvalue weighted by Crippen LogP contribution is 2.41. The zero-order valence-corrected chi connectivity index (χ0v) is 14.2. The molecule has 2 aromatic heterocycles. The summed E-state index contributed by atoms with van der Waals surface area (Å²) >= 11 is 0. The Morgan fingerprint density at radius 1 is 1.07 bits per heavy atom. The molecule has 134 valence electrons. The number of nitriles is 1. The fraction of sp³-hybridized carbons (Fsp3) is 0.211. The molecule has 27 heavy (non-hydrogen) atoms. The molecule has 4 rings (SSSR count). The first-order valence-corrected chi connectivity index (χ1v) is 8.35. The summed E-state index contributed by atoms with van der Waals surface area (Å²) < 4.78 is 16.2. The molecule has 0 amide bonds. The van der Waals surface area contributed by atoms with Crippen molar-refractivity contribution in [2.24, 2.45) is 0 Å². The van der Waals surface area contributed by atoms with E-state index in [1.807, 2.05) is 0 Å². The van der Waals surface area contributed by atoms with Gasteiger partial charge in [-0.05, 0) is 37.1 Å². The first-order chi connectivity index (χ1) is 13.0. The Labute approximate surface area is 153 Å². The Morgan fingerprint density at radius 2 is 1.85 bits per heavy atom. The van der Waals surface area contributed by atoms with Crippen molar-refractivity contribution in [3.05, 3.63) is 81.0 Å². The molecule has 0 aliphatic heterocycles. The minimum atomic E-state index is -0.878. The number of nitrogens with zero attached hydrogens (tertiary/aromatic N) is 5. The second-order valence-corrected chi connectivity index (χ2v) is 6.44. The molecule has 3 aromatic rings. The Hall–Kier alpha value is -3.60. The summed E-state index contributed by atoms with van der Waals surface area (Å²) in [7, 11) is 0. The van der Waals surface area contributed by atoms with Crippen LogP contribution in [0.15, 0.2) is 58.4 Å². The van der Waals surface area contributed by atoms with Crippen molar-refractivity contribution >= 4 is 0 Å². The van der Waals surface area contributed by atoms with Crippen LogP contribution in [0.4, 0.5) is 4.39 Å². The van der Waals surface area contributed by atoms with Crippen molar-refractivity contribution in [2.45, 2.75) is 24.9 Å². The molecule has 0 bridgehead atoms. The van der Waals surface area contributed by atoms with Crippen LogP contribution in [-0.4, -0.2) is 19.3 Å². The normalized spacial score (nSPS) is 14.5. The lowest BCUT2D eigenvalue weighted by Gasteiger charge is -2.12. The highest BCUT2D eigenvalue weighted by atomic mass is 19.1. The molecule has 1 saturated carbocycles. The molecule has 1 aliphatic rings. The fourth-order valence-electron chi connectivity index (χ4n) is 2.93. The van der Waals surface area contributed by atoms with Gasteiger partial charge in [0.1, 0.15) is 11.4 Å². The Kier molecular flexibility index (Phi) is 3.92. The van der Waals surface area contributed by atoms with Crippen LogP contribution in [0.3, 0.4) is 0 Å². The van der Waals surface area contributed by atoms with Crippen LogP contribution in [0.5, 0.6) is 0 Å². The number of rotatable bonds is 4. The van der Waals surface area contributed by atoms with Crippen molar-refractivity contribution in [1.82, 2.24) is 19.3 Å². The van der Waals surface area contributed by atoms with E-state index >= 15 is 0 Å². The van der Waals surface area contributed by atoms with Gasteiger partial charge in [0.25, 0.3) is 0 Å². The van der Waals surface area contributed by atoms with Crippen molar-refractivity contribution in [3.8, 4) is 17.3 Å². The molecule has 0 unspecified atom stereocenters. The van der Waals surface area contributed by atoms with Crippen LogP contribution in [0.2, 0.25) is 0 Å². The fourth-order valence-corrected chi connectivity index (χ4v) is 2.93. The second kappa shape index (κ2) is 6.29. The van der Waals surface area contributed by atoms with Gasteiger partial charge in [0.15, 0.2) is 0 Å². The molecule has 7 nitrogen and oxygen atoms in total. The molecule has 0 spiro atoms. The Morgan fingerprint density at radius 3 is 2.48 bits per heavy atom. The van der Waals surface area contributed by atoms with Gasteiger partial charge in [0.2, 0.25) is 0 Å². The monoisotopic (exact) mass is 363 g/mol. The van der Waals surface area contributed by atoms with Gasteiger partial charge in [-0.3, -0.25) is 14.2 Å². The maximum Gasteiger partial charge on any atom is 0.317 e. The van der Waals surface area contributed by atoms with Crippen LogP contribution >= 0.6 is 0 Å². The summed E-state index contributed by atoms with van der Waals surface area (Å²) in [6.07, 6.45) is 4.06. The van der Waals surface area contributed by atoms with Crippen LogP contribution in [0.1, 0.15) is 18.5 Å². The van der Waals surface area contributed by atoms with Gasteiger partial charge < -0.3 is 4.57 Å². The maximum absolute atomic E-state index is 13.8. The summed E-state index contributed by atoms with van der Waals surface area (Å²) in [4.78, 5) is 24.6. The van der Waals surface area contributed by atoms with Crippen molar-refractivity contribution in [2.75, 3.05) is 0 Å². The first-order valence-electron chi connectivity index (χ1n) is 8.35. The van der Waals surface area contributed by atoms with E-state index in [0.717, 1.165) is 0 Å². The largest absolute Gasteiger partial charge is 0.317 e. The summed E-state index contributed by atoms with van der Waals surface area (Å²) in [5, 5.41) is 17.2. The molecule has 0 atom stereocenters. The van der Waals surface area contributed by atoms with Crippen LogP contribution in [0, 0.1) is 17.1 Å². The third-order valence-corrected chi connectivity index (χ3v) is 4.65. The highest BCUT2D eigenvalue weighted by Gasteiger charge is 2.46. The topological polar surface area (TPSA) is 93.6 Å². The maximum atomic E-state index is 13.8. The standard InChI is InChI=1S/C19H14FN5O2/c20-15-4-2-1-3-14(15)16-6-5-13(22-23-16)11-24-9-10-25(18(27)17(24)26)19(12-21)7-8-19/h1-6,9-10H,7-8,11H2. The van der Waals surface area contributed by atoms with Crippen molar-refractivity contribution in [3.63, 3.8) is 0 Å². The molecule has 0 radical (unpaired) electrons. The van der Waals surface area contributed by atoms with Gasteiger partial charge in [-0.25, -0.2) is 4.39 Å². The zero-order chi connectivity index (χ0) is 19.0. The van der Waals surface area contributed by atoms with E-state index in [-0.39, 0.29) is 6.54 Å². The SMILES string of the molecule is N#CC1(n2ccn(Cc3ccc(-c4ccccc4F)nn3)c(=O)c2=O)CC1. The molecule has 8 heteroatoms. The summed E-state index contributed by atoms with van der Waals surface area (Å²) in [5.74, 6) is -0.397. The lowest BCUT2D eigenvalue weighted by atomic mass is 10.1. The molecule has 2 heterocycles. The van der Waals surface area contributed by atoms with Crippen LogP contribution < -0.4 is 11.1 Å². The van der Waals surface area contributed by atoms with E-state index < -0.39 is 22.5 Å². The van der Waals surface area contributed by atoms with Gasteiger partial charge in [-0.2, -0.15) is 15.5 Å². The Balaban J connectivity index is 1.61. The smallest absolute Gasteiger partial charge is 0.303 e. The minimum Gasteiger partial charge on any atom is -0.303 e. The minimum absolute atomic E-state index is 0.0546. The van der Waals surface area contributed by atoms with Gasteiger partial charge >= 0.3 is 11.1 Å². The first kappa shape index (κ1) is 16.8. The third kappa shape index (κ3) is 2.93. The molecule has 1 fully saturated rings. The van der Waals surface area contributed by atoms with Crippen LogP contribution in [0.25, 0.3) is 11.3 Å². The van der Waals surface area contributed by atoms with E-state index in [4.69, 9.17) is 0 Å². The predicted octanol–water partition coefficient (Wildman–Crippen LogP) is 1.67. The number of hydrogen-bond donors (Lipinski definition) is 0. The Bertz CT molecular complexity index is 1170. The summed E-state index contributed by atoms with van der Waals surface area (Å²) in [5.41, 5.74) is -1.16. The zero-order valence-electron chi connectivity index (χ0n) is 14.2. The number of aromatic nitrogens is 4. The van der Waals surface area contributed by atoms with E-state index in [1.54, 1.807) is 30.3 Å². The van der Waals surface area contributed by atoms with Crippen molar-refractivity contribution < 1.29 is 4.39 Å². The lowest BCUT2D eigenvalue weighted by molar-refractivity contribution is 0.555. The lowest BCUT2D eigenvalue weighted by Crippen LogP contribution is -2.44. The summed E-state index contributed by atoms with van der Waals surface area (Å²) in [6, 6.07) is 11.6. The van der Waals surface area contributed by atoms with Gasteiger partial charge in [-0.15, -0.1) is 0 Å². The molecular weight excluding hydrogens is 349 g/mol. The van der Waals surface area contributed by atoms with Crippen molar-refractivity contribution in [1.29, 1.82) is 5.26 Å². The second-order valence-electron chi connectivity index (χ2n) is 6.44. The summed E-state index contributed by atoms with van der Waals surface area (Å²) in [6.45, 7) is 0.0546. The highest BCUT2D eigenvalue weighted by molar-refractivity contribution is 5.58. The number of benzene rings is 1. The van der Waals surface area contributed by atoms with Gasteiger partial charge in [0, 0.05) is 18.0 Å². The molecule has 1 aromatic carbocycles. The molecular formula is C19H14FN5O2. The number of hydrogen-bond acceptors (Lipinski definition) is 5. The van der Waals surface area contributed by atoms with E-state index in [0.29, 0.717) is 29.8 Å². The van der Waals surface area contributed by atoms with Gasteiger partial charge in [-0.1, -0.05) is 12.1 Å². The molecule has 1 aliphatic carbocycles.